The van der Waals surface area contributed by atoms with Crippen molar-refractivity contribution >= 4 is 34.9 Å². The Balaban J connectivity index is 2.30. The largest absolute Gasteiger partial charge is 0.461 e. The number of benzene rings is 2. The van der Waals surface area contributed by atoms with Crippen LogP contribution in [0, 0.1) is 0 Å². The van der Waals surface area contributed by atoms with Crippen molar-refractivity contribution in [2.45, 2.75) is 27.7 Å². The van der Waals surface area contributed by atoms with E-state index >= 15 is 0 Å². The number of esters is 2. The van der Waals surface area contributed by atoms with Crippen LogP contribution in [0.2, 0.25) is 5.02 Å². The van der Waals surface area contributed by atoms with Gasteiger partial charge in [0, 0.05) is 16.4 Å². The molecule has 1 aliphatic rings. The van der Waals surface area contributed by atoms with Crippen molar-refractivity contribution in [3.8, 4) is 0 Å². The number of para-hydroxylation sites is 1. The molecular formula is C24H25ClN2O4. The molecule has 31 heavy (non-hydrogen) atoms. The monoisotopic (exact) mass is 440 g/mol. The van der Waals surface area contributed by atoms with E-state index in [1.807, 2.05) is 49.1 Å². The fraction of sp³-hybridized carbons (Fsp3) is 0.250. The van der Waals surface area contributed by atoms with Crippen LogP contribution in [-0.2, 0) is 19.1 Å². The van der Waals surface area contributed by atoms with E-state index < -0.39 is 11.9 Å². The first-order chi connectivity index (χ1) is 14.9. The smallest absolute Gasteiger partial charge is 0.357 e. The molecule has 0 spiro atoms. The Kier molecular flexibility index (Phi) is 7.02. The van der Waals surface area contributed by atoms with Crippen molar-refractivity contribution in [3.05, 3.63) is 82.4 Å². The molecule has 0 fully saturated rings. The van der Waals surface area contributed by atoms with E-state index in [2.05, 4.69) is 0 Å². The Morgan fingerprint density at radius 3 is 1.65 bits per heavy atom. The maximum absolute atomic E-state index is 13.1. The van der Waals surface area contributed by atoms with Gasteiger partial charge in [0.05, 0.1) is 24.6 Å². The Morgan fingerprint density at radius 2 is 1.19 bits per heavy atom. The number of carbonyl (C=O) groups excluding carboxylic acids is 2. The molecule has 0 radical (unpaired) electrons. The molecule has 2 aromatic rings. The fourth-order valence-electron chi connectivity index (χ4n) is 3.59. The van der Waals surface area contributed by atoms with E-state index in [0.29, 0.717) is 22.1 Å². The van der Waals surface area contributed by atoms with Crippen LogP contribution in [0.3, 0.4) is 0 Å². The van der Waals surface area contributed by atoms with Crippen LogP contribution in [0.1, 0.15) is 27.7 Å². The third-order valence-corrected chi connectivity index (χ3v) is 5.09. The second kappa shape index (κ2) is 9.71. The molecule has 0 unspecified atom stereocenters. The molecule has 0 N–H and O–H groups in total. The zero-order valence-corrected chi connectivity index (χ0v) is 18.8. The second-order valence-corrected chi connectivity index (χ2v) is 7.23. The predicted octanol–water partition coefficient (Wildman–Crippen LogP) is 5.26. The lowest BCUT2D eigenvalue weighted by Gasteiger charge is -2.40. The summed E-state index contributed by atoms with van der Waals surface area (Å²) in [5.41, 5.74) is 3.15. The van der Waals surface area contributed by atoms with Crippen molar-refractivity contribution in [1.29, 1.82) is 0 Å². The molecule has 0 amide bonds. The van der Waals surface area contributed by atoms with Gasteiger partial charge in [-0.25, -0.2) is 9.59 Å². The van der Waals surface area contributed by atoms with Crippen molar-refractivity contribution in [2.24, 2.45) is 0 Å². The molecular weight excluding hydrogens is 416 g/mol. The van der Waals surface area contributed by atoms with E-state index in [0.717, 1.165) is 5.69 Å². The van der Waals surface area contributed by atoms with E-state index in [9.17, 15) is 9.59 Å². The molecule has 1 heterocycles. The molecule has 0 saturated carbocycles. The minimum atomic E-state index is -0.537. The van der Waals surface area contributed by atoms with Gasteiger partial charge in [0.15, 0.2) is 11.4 Å². The Hall–Kier alpha value is -3.25. The van der Waals surface area contributed by atoms with E-state index in [1.165, 1.54) is 0 Å². The summed E-state index contributed by atoms with van der Waals surface area (Å²) < 4.78 is 10.7. The van der Waals surface area contributed by atoms with Crippen molar-refractivity contribution in [2.75, 3.05) is 23.0 Å². The van der Waals surface area contributed by atoms with Crippen LogP contribution in [0.5, 0.6) is 0 Å². The number of allylic oxidation sites excluding steroid dienone is 2. The Labute approximate surface area is 187 Å². The number of anilines is 2. The van der Waals surface area contributed by atoms with Crippen LogP contribution in [-0.4, -0.2) is 25.2 Å². The van der Waals surface area contributed by atoms with E-state index in [4.69, 9.17) is 21.1 Å². The van der Waals surface area contributed by atoms with Gasteiger partial charge < -0.3 is 14.4 Å². The zero-order chi connectivity index (χ0) is 22.5. The van der Waals surface area contributed by atoms with Crippen LogP contribution >= 0.6 is 11.6 Å². The number of hydrogen-bond acceptors (Lipinski definition) is 6. The third-order valence-electron chi connectivity index (χ3n) is 4.84. The van der Waals surface area contributed by atoms with Gasteiger partial charge in [0.25, 0.3) is 0 Å². The Morgan fingerprint density at radius 1 is 0.742 bits per heavy atom. The first-order valence-electron chi connectivity index (χ1n) is 10.1. The third kappa shape index (κ3) is 4.44. The summed E-state index contributed by atoms with van der Waals surface area (Å²) in [5, 5.41) is 0.545. The van der Waals surface area contributed by atoms with Crippen LogP contribution in [0.4, 0.5) is 11.4 Å². The summed E-state index contributed by atoms with van der Waals surface area (Å²) in [4.78, 5) is 29.7. The number of rotatable bonds is 6. The standard InChI is InChI=1S/C24H25ClN2O4/c1-5-30-23(28)21-16(3)26(19-10-8-7-9-11-19)17(4)22(24(29)31-6-2)27(21)20-14-12-18(25)13-15-20/h7-15H,5-6H2,1-4H3. The highest BCUT2D eigenvalue weighted by Crippen LogP contribution is 2.39. The molecule has 0 aromatic heterocycles. The average Bonchev–Trinajstić information content (AvgIpc) is 2.75. The molecule has 162 valence electrons. The van der Waals surface area contributed by atoms with E-state index in [1.54, 1.807) is 43.0 Å². The topological polar surface area (TPSA) is 59.1 Å². The first kappa shape index (κ1) is 22.4. The van der Waals surface area contributed by atoms with Gasteiger partial charge in [-0.15, -0.1) is 0 Å². The van der Waals surface area contributed by atoms with E-state index in [-0.39, 0.29) is 24.6 Å². The molecule has 6 nitrogen and oxygen atoms in total. The molecule has 0 bridgehead atoms. The van der Waals surface area contributed by atoms with Crippen molar-refractivity contribution in [3.63, 3.8) is 0 Å². The quantitative estimate of drug-likeness (QED) is 0.571. The van der Waals surface area contributed by atoms with Gasteiger partial charge in [-0.3, -0.25) is 4.90 Å². The molecule has 0 aliphatic carbocycles. The fourth-order valence-corrected chi connectivity index (χ4v) is 3.71. The summed E-state index contributed by atoms with van der Waals surface area (Å²) in [7, 11) is 0. The predicted molar refractivity (Wildman–Crippen MR) is 122 cm³/mol. The highest BCUT2D eigenvalue weighted by molar-refractivity contribution is 6.30. The molecule has 1 aliphatic heterocycles. The lowest BCUT2D eigenvalue weighted by molar-refractivity contribution is -0.139. The molecule has 0 atom stereocenters. The molecule has 2 aromatic carbocycles. The lowest BCUT2D eigenvalue weighted by atomic mass is 10.1. The minimum absolute atomic E-state index is 0.201. The van der Waals surface area contributed by atoms with Gasteiger partial charge in [0.1, 0.15) is 0 Å². The van der Waals surface area contributed by atoms with Gasteiger partial charge in [-0.2, -0.15) is 0 Å². The number of carbonyl (C=O) groups is 2. The zero-order valence-electron chi connectivity index (χ0n) is 18.0. The van der Waals surface area contributed by atoms with Gasteiger partial charge in [0.2, 0.25) is 0 Å². The summed E-state index contributed by atoms with van der Waals surface area (Å²) in [5.74, 6) is -1.07. The molecule has 7 heteroatoms. The minimum Gasteiger partial charge on any atom is -0.461 e. The van der Waals surface area contributed by atoms with Crippen molar-refractivity contribution < 1.29 is 19.1 Å². The summed E-state index contributed by atoms with van der Waals surface area (Å²) in [6, 6.07) is 16.4. The lowest BCUT2D eigenvalue weighted by Crippen LogP contribution is -2.42. The SMILES string of the molecule is CCOC(=O)C1=C(C)N(c2ccccc2)C(C)=C(C(=O)OCC)N1c1ccc(Cl)cc1. The number of hydrogen-bond donors (Lipinski definition) is 0. The second-order valence-electron chi connectivity index (χ2n) is 6.79. The maximum Gasteiger partial charge on any atom is 0.357 e. The normalized spacial score (nSPS) is 14.1. The number of ether oxygens (including phenoxy) is 2. The highest BCUT2D eigenvalue weighted by atomic mass is 35.5. The average molecular weight is 441 g/mol. The summed E-state index contributed by atoms with van der Waals surface area (Å²) >= 11 is 6.07. The summed E-state index contributed by atoms with van der Waals surface area (Å²) in [6.45, 7) is 7.54. The van der Waals surface area contributed by atoms with Crippen LogP contribution in [0.15, 0.2) is 77.4 Å². The number of halogens is 1. The Bertz CT molecular complexity index is 987. The van der Waals surface area contributed by atoms with Crippen LogP contribution < -0.4 is 9.80 Å². The summed E-state index contributed by atoms with van der Waals surface area (Å²) in [6.07, 6.45) is 0. The van der Waals surface area contributed by atoms with Gasteiger partial charge in [-0.05, 0) is 64.1 Å². The first-order valence-corrected chi connectivity index (χ1v) is 10.4. The maximum atomic E-state index is 13.1. The van der Waals surface area contributed by atoms with Crippen LogP contribution in [0.25, 0.3) is 0 Å². The van der Waals surface area contributed by atoms with Crippen molar-refractivity contribution in [1.82, 2.24) is 0 Å². The van der Waals surface area contributed by atoms with Gasteiger partial charge >= 0.3 is 11.9 Å². The molecule has 3 rings (SSSR count). The molecule has 0 saturated heterocycles. The number of nitrogens with zero attached hydrogens (tertiary/aromatic N) is 2. The highest BCUT2D eigenvalue weighted by Gasteiger charge is 2.39. The van der Waals surface area contributed by atoms with Gasteiger partial charge in [-0.1, -0.05) is 29.8 Å².